The van der Waals surface area contributed by atoms with E-state index in [0.717, 1.165) is 12.8 Å². The van der Waals surface area contributed by atoms with Crippen LogP contribution in [0.1, 0.15) is 12.8 Å². The first-order valence-electron chi connectivity index (χ1n) is 4.87. The quantitative estimate of drug-likeness (QED) is 0.664. The third kappa shape index (κ3) is 2.61. The normalized spacial score (nSPS) is 16.8. The molecule has 1 aromatic heterocycles. The third-order valence-electron chi connectivity index (χ3n) is 2.34. The summed E-state index contributed by atoms with van der Waals surface area (Å²) in [6, 6.07) is 2.72. The van der Waals surface area contributed by atoms with Crippen molar-refractivity contribution in [1.82, 2.24) is 9.71 Å². The lowest BCUT2D eigenvalue weighted by Gasteiger charge is -2.12. The number of halogens is 1. The Morgan fingerprint density at radius 1 is 1.38 bits per heavy atom. The molecular formula is C10H11ClN2O2S. The minimum absolute atomic E-state index is 0.0445. The average molecular weight is 259 g/mol. The Hall–Kier alpha value is -0.910. The number of rotatable bonds is 3. The zero-order chi connectivity index (χ0) is 11.6. The summed E-state index contributed by atoms with van der Waals surface area (Å²) in [5.41, 5.74) is 0. The second-order valence-corrected chi connectivity index (χ2v) is 5.68. The summed E-state index contributed by atoms with van der Waals surface area (Å²) in [5.74, 6) is 0. The summed E-state index contributed by atoms with van der Waals surface area (Å²) >= 11 is 5.65. The van der Waals surface area contributed by atoms with Crippen molar-refractivity contribution >= 4 is 21.6 Å². The predicted molar refractivity (Wildman–Crippen MR) is 61.7 cm³/mol. The maximum absolute atomic E-state index is 11.9. The van der Waals surface area contributed by atoms with Crippen LogP contribution in [0.4, 0.5) is 0 Å². The largest absolute Gasteiger partial charge is 0.244 e. The molecule has 0 saturated carbocycles. The molecule has 16 heavy (non-hydrogen) atoms. The van der Waals surface area contributed by atoms with Gasteiger partial charge < -0.3 is 0 Å². The summed E-state index contributed by atoms with van der Waals surface area (Å²) < 4.78 is 26.5. The SMILES string of the molecule is O=S(=O)(NC1CC=CC1)c1ccnc(Cl)c1. The van der Waals surface area contributed by atoms with Crippen LogP contribution in [0, 0.1) is 0 Å². The summed E-state index contributed by atoms with van der Waals surface area (Å²) in [6.45, 7) is 0. The van der Waals surface area contributed by atoms with E-state index in [4.69, 9.17) is 11.6 Å². The molecule has 1 N–H and O–H groups in total. The number of sulfonamides is 1. The van der Waals surface area contributed by atoms with Crippen molar-refractivity contribution in [2.24, 2.45) is 0 Å². The molecule has 0 radical (unpaired) electrons. The summed E-state index contributed by atoms with van der Waals surface area (Å²) in [7, 11) is -3.48. The standard InChI is InChI=1S/C10H11ClN2O2S/c11-10-7-9(5-6-12-10)16(14,15)13-8-3-1-2-4-8/h1-2,5-8,13H,3-4H2. The highest BCUT2D eigenvalue weighted by Crippen LogP contribution is 2.16. The molecule has 1 heterocycles. The van der Waals surface area contributed by atoms with Gasteiger partial charge in [-0.05, 0) is 25.0 Å². The van der Waals surface area contributed by atoms with Crippen molar-refractivity contribution in [2.75, 3.05) is 0 Å². The third-order valence-corrected chi connectivity index (χ3v) is 4.06. The number of aromatic nitrogens is 1. The Labute approximate surface area is 99.4 Å². The second kappa shape index (κ2) is 4.53. The van der Waals surface area contributed by atoms with Crippen LogP contribution in [0.5, 0.6) is 0 Å². The average Bonchev–Trinajstić information content (AvgIpc) is 2.70. The Balaban J connectivity index is 2.18. The van der Waals surface area contributed by atoms with Crippen molar-refractivity contribution < 1.29 is 8.42 Å². The zero-order valence-corrected chi connectivity index (χ0v) is 10.0. The topological polar surface area (TPSA) is 59.1 Å². The minimum Gasteiger partial charge on any atom is -0.244 e. The van der Waals surface area contributed by atoms with Gasteiger partial charge in [-0.2, -0.15) is 0 Å². The lowest BCUT2D eigenvalue weighted by molar-refractivity contribution is 0.557. The first kappa shape index (κ1) is 11.6. The molecule has 0 aliphatic heterocycles. The highest BCUT2D eigenvalue weighted by Gasteiger charge is 2.20. The fourth-order valence-electron chi connectivity index (χ4n) is 1.55. The van der Waals surface area contributed by atoms with Gasteiger partial charge in [-0.3, -0.25) is 0 Å². The molecule has 0 amide bonds. The molecule has 86 valence electrons. The van der Waals surface area contributed by atoms with Crippen molar-refractivity contribution in [2.45, 2.75) is 23.8 Å². The maximum Gasteiger partial charge on any atom is 0.241 e. The van der Waals surface area contributed by atoms with E-state index in [-0.39, 0.29) is 16.1 Å². The summed E-state index contributed by atoms with van der Waals surface area (Å²) in [6.07, 6.45) is 6.78. The molecule has 1 aromatic rings. The van der Waals surface area contributed by atoms with Gasteiger partial charge in [-0.25, -0.2) is 18.1 Å². The molecule has 0 fully saturated rings. The van der Waals surface area contributed by atoms with Gasteiger partial charge in [-0.15, -0.1) is 0 Å². The van der Waals surface area contributed by atoms with Crippen molar-refractivity contribution in [3.8, 4) is 0 Å². The molecule has 0 unspecified atom stereocenters. The Kier molecular flexibility index (Phi) is 3.28. The van der Waals surface area contributed by atoms with Gasteiger partial charge in [-0.1, -0.05) is 23.8 Å². The van der Waals surface area contributed by atoms with Crippen LogP contribution in [-0.4, -0.2) is 19.4 Å². The van der Waals surface area contributed by atoms with Crippen LogP contribution in [0.15, 0.2) is 35.4 Å². The number of nitrogens with zero attached hydrogens (tertiary/aromatic N) is 1. The van der Waals surface area contributed by atoms with Crippen LogP contribution in [0.25, 0.3) is 0 Å². The highest BCUT2D eigenvalue weighted by atomic mass is 35.5. The lowest BCUT2D eigenvalue weighted by atomic mass is 10.3. The maximum atomic E-state index is 11.9. The van der Waals surface area contributed by atoms with Crippen molar-refractivity contribution in [3.05, 3.63) is 35.6 Å². The first-order valence-corrected chi connectivity index (χ1v) is 6.73. The Morgan fingerprint density at radius 2 is 2.06 bits per heavy atom. The van der Waals surface area contributed by atoms with E-state index in [0.29, 0.717) is 0 Å². The second-order valence-electron chi connectivity index (χ2n) is 3.58. The van der Waals surface area contributed by atoms with Gasteiger partial charge >= 0.3 is 0 Å². The fourth-order valence-corrected chi connectivity index (χ4v) is 3.07. The van der Waals surface area contributed by atoms with E-state index in [9.17, 15) is 8.42 Å². The fraction of sp³-hybridized carbons (Fsp3) is 0.300. The van der Waals surface area contributed by atoms with E-state index in [1.54, 1.807) is 0 Å². The van der Waals surface area contributed by atoms with Crippen molar-refractivity contribution in [1.29, 1.82) is 0 Å². The highest BCUT2D eigenvalue weighted by molar-refractivity contribution is 7.89. The molecule has 6 heteroatoms. The molecule has 4 nitrogen and oxygen atoms in total. The first-order chi connectivity index (χ1) is 7.58. The van der Waals surface area contributed by atoms with Gasteiger partial charge in [0.2, 0.25) is 10.0 Å². The lowest BCUT2D eigenvalue weighted by Crippen LogP contribution is -2.32. The smallest absolute Gasteiger partial charge is 0.241 e. The van der Waals surface area contributed by atoms with E-state index in [1.807, 2.05) is 12.2 Å². The molecule has 0 spiro atoms. The molecule has 1 aliphatic carbocycles. The monoisotopic (exact) mass is 258 g/mol. The van der Waals surface area contributed by atoms with Crippen molar-refractivity contribution in [3.63, 3.8) is 0 Å². The van der Waals surface area contributed by atoms with E-state index in [2.05, 4.69) is 9.71 Å². The summed E-state index contributed by atoms with van der Waals surface area (Å²) in [4.78, 5) is 3.90. The minimum atomic E-state index is -3.48. The van der Waals surface area contributed by atoms with Crippen LogP contribution in [-0.2, 0) is 10.0 Å². The Bertz CT molecular complexity index is 505. The van der Waals surface area contributed by atoms with Crippen LogP contribution in [0.2, 0.25) is 5.15 Å². The number of pyridine rings is 1. The number of hydrogen-bond acceptors (Lipinski definition) is 3. The molecule has 0 aromatic carbocycles. The van der Waals surface area contributed by atoms with Crippen LogP contribution in [0.3, 0.4) is 0 Å². The van der Waals surface area contributed by atoms with Crippen LogP contribution >= 0.6 is 11.6 Å². The van der Waals surface area contributed by atoms with Gasteiger partial charge in [0, 0.05) is 12.2 Å². The zero-order valence-electron chi connectivity index (χ0n) is 8.43. The van der Waals surface area contributed by atoms with E-state index >= 15 is 0 Å². The molecule has 0 bridgehead atoms. The summed E-state index contributed by atoms with van der Waals surface area (Å²) in [5, 5.41) is 0.174. The molecular weight excluding hydrogens is 248 g/mol. The number of hydrogen-bond donors (Lipinski definition) is 1. The molecule has 0 saturated heterocycles. The van der Waals surface area contributed by atoms with E-state index < -0.39 is 10.0 Å². The number of nitrogens with one attached hydrogen (secondary N) is 1. The van der Waals surface area contributed by atoms with Crippen LogP contribution < -0.4 is 4.72 Å². The molecule has 2 rings (SSSR count). The molecule has 1 aliphatic rings. The molecule has 0 atom stereocenters. The van der Waals surface area contributed by atoms with Gasteiger partial charge in [0.05, 0.1) is 4.90 Å². The van der Waals surface area contributed by atoms with E-state index in [1.165, 1.54) is 18.3 Å². The Morgan fingerprint density at radius 3 is 2.69 bits per heavy atom. The van der Waals surface area contributed by atoms with Gasteiger partial charge in [0.1, 0.15) is 5.15 Å². The van der Waals surface area contributed by atoms with Gasteiger partial charge in [0.25, 0.3) is 0 Å². The predicted octanol–water partition coefficient (Wildman–Crippen LogP) is 1.73. The van der Waals surface area contributed by atoms with Gasteiger partial charge in [0.15, 0.2) is 0 Å².